The zero-order valence-corrected chi connectivity index (χ0v) is 10.9. The van der Waals surface area contributed by atoms with Gasteiger partial charge in [-0.1, -0.05) is 23.2 Å². The fraction of sp³-hybridized carbons (Fsp3) is 0.0909. The molecule has 0 aliphatic carbocycles. The van der Waals surface area contributed by atoms with Crippen molar-refractivity contribution < 1.29 is 9.53 Å². The van der Waals surface area contributed by atoms with E-state index < -0.39 is 5.97 Å². The number of nitrogens with zero attached hydrogens (tertiary/aromatic N) is 2. The molecule has 0 radical (unpaired) electrons. The molecule has 1 aromatic heterocycles. The van der Waals surface area contributed by atoms with Gasteiger partial charge in [0.2, 0.25) is 0 Å². The number of hydrogen-bond acceptors (Lipinski definition) is 4. The molecule has 0 aliphatic heterocycles. The molecule has 0 saturated carbocycles. The Morgan fingerprint density at radius 1 is 1.39 bits per heavy atom. The van der Waals surface area contributed by atoms with Crippen LogP contribution in [0.5, 0.6) is 0 Å². The zero-order chi connectivity index (χ0) is 13.3. The van der Waals surface area contributed by atoms with Crippen molar-refractivity contribution in [1.29, 1.82) is 0 Å². The van der Waals surface area contributed by atoms with Crippen LogP contribution in [-0.2, 0) is 4.74 Å². The molecule has 2 N–H and O–H groups in total. The molecule has 0 aliphatic rings. The third-order valence-corrected chi connectivity index (χ3v) is 3.10. The molecule has 0 fully saturated rings. The van der Waals surface area contributed by atoms with Gasteiger partial charge < -0.3 is 10.5 Å². The van der Waals surface area contributed by atoms with E-state index >= 15 is 0 Å². The van der Waals surface area contributed by atoms with Gasteiger partial charge in [-0.2, -0.15) is 0 Å². The summed E-state index contributed by atoms with van der Waals surface area (Å²) in [5, 5.41) is 0.828. The molecule has 1 aromatic carbocycles. The highest BCUT2D eigenvalue weighted by atomic mass is 35.5. The van der Waals surface area contributed by atoms with E-state index in [1.165, 1.54) is 18.0 Å². The molecular weight excluding hydrogens is 277 g/mol. The van der Waals surface area contributed by atoms with E-state index in [1.807, 2.05) is 0 Å². The smallest absolute Gasteiger partial charge is 0.360 e. The summed E-state index contributed by atoms with van der Waals surface area (Å²) < 4.78 is 6.09. The van der Waals surface area contributed by atoms with Crippen LogP contribution in [0.4, 0.5) is 5.82 Å². The molecule has 18 heavy (non-hydrogen) atoms. The molecule has 0 amide bonds. The maximum absolute atomic E-state index is 11.4. The summed E-state index contributed by atoms with van der Waals surface area (Å²) in [7, 11) is 1.26. The minimum atomic E-state index is -0.591. The number of halogens is 2. The molecule has 2 rings (SSSR count). The molecule has 0 bridgehead atoms. The Morgan fingerprint density at radius 2 is 2.11 bits per heavy atom. The number of hydrogen-bond donors (Lipinski definition) is 1. The quantitative estimate of drug-likeness (QED) is 0.861. The lowest BCUT2D eigenvalue weighted by atomic mass is 10.3. The summed E-state index contributed by atoms with van der Waals surface area (Å²) >= 11 is 11.7. The van der Waals surface area contributed by atoms with Crippen LogP contribution < -0.4 is 5.73 Å². The minimum Gasteiger partial charge on any atom is -0.464 e. The first-order valence-corrected chi connectivity index (χ1v) is 5.66. The van der Waals surface area contributed by atoms with Gasteiger partial charge in [0.1, 0.15) is 12.1 Å². The first-order valence-electron chi connectivity index (χ1n) is 4.91. The van der Waals surface area contributed by atoms with E-state index in [0.29, 0.717) is 15.7 Å². The first kappa shape index (κ1) is 12.7. The number of methoxy groups -OCH3 is 1. The summed E-state index contributed by atoms with van der Waals surface area (Å²) in [5.41, 5.74) is 6.54. The van der Waals surface area contributed by atoms with E-state index in [1.54, 1.807) is 18.2 Å². The van der Waals surface area contributed by atoms with Crippen LogP contribution in [-0.4, -0.2) is 22.6 Å². The van der Waals surface area contributed by atoms with Gasteiger partial charge in [0.05, 0.1) is 22.8 Å². The van der Waals surface area contributed by atoms with Crippen molar-refractivity contribution in [2.24, 2.45) is 0 Å². The Labute approximate surface area is 113 Å². The SMILES string of the molecule is COC(=O)c1ncn(-c2ccc(Cl)c(Cl)c2)c1N. The normalized spacial score (nSPS) is 10.4. The second-order valence-electron chi connectivity index (χ2n) is 3.44. The standard InChI is InChI=1S/C11H9Cl2N3O2/c1-18-11(17)9-10(14)16(5-15-9)6-2-3-7(12)8(13)4-6/h2-5H,14H2,1H3. The summed E-state index contributed by atoms with van der Waals surface area (Å²) in [6, 6.07) is 4.98. The Morgan fingerprint density at radius 3 is 2.72 bits per heavy atom. The van der Waals surface area contributed by atoms with Gasteiger partial charge >= 0.3 is 5.97 Å². The van der Waals surface area contributed by atoms with Crippen LogP contribution in [0.15, 0.2) is 24.5 Å². The third kappa shape index (κ3) is 2.14. The Balaban J connectivity index is 2.48. The van der Waals surface area contributed by atoms with Gasteiger partial charge in [0.25, 0.3) is 0 Å². The fourth-order valence-corrected chi connectivity index (χ4v) is 1.74. The molecule has 0 saturated heterocycles. The van der Waals surface area contributed by atoms with E-state index in [0.717, 1.165) is 0 Å². The number of rotatable bonds is 2. The summed E-state index contributed by atoms with van der Waals surface area (Å²) in [6.07, 6.45) is 1.42. The first-order chi connectivity index (χ1) is 8.54. The topological polar surface area (TPSA) is 70.1 Å². The number of carbonyl (C=O) groups excluding carboxylic acids is 1. The number of aromatic nitrogens is 2. The lowest BCUT2D eigenvalue weighted by molar-refractivity contribution is 0.0596. The van der Waals surface area contributed by atoms with E-state index in [2.05, 4.69) is 9.72 Å². The predicted octanol–water partition coefficient (Wildman–Crippen LogP) is 2.55. The van der Waals surface area contributed by atoms with Crippen molar-refractivity contribution in [3.8, 4) is 5.69 Å². The van der Waals surface area contributed by atoms with Crippen molar-refractivity contribution in [3.05, 3.63) is 40.3 Å². The van der Waals surface area contributed by atoms with Crippen LogP contribution >= 0.6 is 23.2 Å². The van der Waals surface area contributed by atoms with Crippen molar-refractivity contribution in [1.82, 2.24) is 9.55 Å². The van der Waals surface area contributed by atoms with Crippen LogP contribution in [0.3, 0.4) is 0 Å². The number of benzene rings is 1. The number of nitrogen functional groups attached to an aromatic ring is 1. The largest absolute Gasteiger partial charge is 0.464 e. The van der Waals surface area contributed by atoms with Gasteiger partial charge in [-0.15, -0.1) is 0 Å². The van der Waals surface area contributed by atoms with Gasteiger partial charge in [-0.25, -0.2) is 9.78 Å². The molecule has 0 spiro atoms. The Bertz CT molecular complexity index is 610. The third-order valence-electron chi connectivity index (χ3n) is 2.36. The van der Waals surface area contributed by atoms with Crippen molar-refractivity contribution in [2.45, 2.75) is 0 Å². The number of nitrogens with two attached hydrogens (primary N) is 1. The molecule has 5 nitrogen and oxygen atoms in total. The van der Waals surface area contributed by atoms with Gasteiger partial charge in [0.15, 0.2) is 5.69 Å². The zero-order valence-electron chi connectivity index (χ0n) is 9.35. The summed E-state index contributed by atoms with van der Waals surface area (Å²) in [4.78, 5) is 15.3. The minimum absolute atomic E-state index is 0.0589. The number of imidazole rings is 1. The molecule has 1 heterocycles. The predicted molar refractivity (Wildman–Crippen MR) is 69.3 cm³/mol. The lowest BCUT2D eigenvalue weighted by Crippen LogP contribution is -2.07. The van der Waals surface area contributed by atoms with Crippen LogP contribution in [0.2, 0.25) is 10.0 Å². The van der Waals surface area contributed by atoms with Crippen LogP contribution in [0.25, 0.3) is 5.69 Å². The number of carbonyl (C=O) groups is 1. The molecular formula is C11H9Cl2N3O2. The van der Waals surface area contributed by atoms with Gasteiger partial charge in [0, 0.05) is 0 Å². The highest BCUT2D eigenvalue weighted by molar-refractivity contribution is 6.42. The van der Waals surface area contributed by atoms with E-state index in [-0.39, 0.29) is 11.5 Å². The monoisotopic (exact) mass is 285 g/mol. The highest BCUT2D eigenvalue weighted by Gasteiger charge is 2.17. The van der Waals surface area contributed by atoms with Gasteiger partial charge in [-0.3, -0.25) is 4.57 Å². The maximum Gasteiger partial charge on any atom is 0.360 e. The van der Waals surface area contributed by atoms with Crippen molar-refractivity contribution >= 4 is 35.0 Å². The molecule has 0 unspecified atom stereocenters. The number of ether oxygens (including phenoxy) is 1. The summed E-state index contributed by atoms with van der Waals surface area (Å²) in [5.74, 6) is -0.411. The van der Waals surface area contributed by atoms with Crippen LogP contribution in [0.1, 0.15) is 10.5 Å². The average molecular weight is 286 g/mol. The van der Waals surface area contributed by atoms with E-state index in [4.69, 9.17) is 28.9 Å². The number of anilines is 1. The lowest BCUT2D eigenvalue weighted by Gasteiger charge is -2.06. The fourth-order valence-electron chi connectivity index (χ4n) is 1.45. The van der Waals surface area contributed by atoms with Crippen molar-refractivity contribution in [2.75, 3.05) is 12.8 Å². The maximum atomic E-state index is 11.4. The Kier molecular flexibility index (Phi) is 3.45. The van der Waals surface area contributed by atoms with Gasteiger partial charge in [-0.05, 0) is 18.2 Å². The average Bonchev–Trinajstić information content (AvgIpc) is 2.74. The van der Waals surface area contributed by atoms with Crippen molar-refractivity contribution in [3.63, 3.8) is 0 Å². The highest BCUT2D eigenvalue weighted by Crippen LogP contribution is 2.26. The molecule has 94 valence electrons. The molecule has 0 atom stereocenters. The summed E-state index contributed by atoms with van der Waals surface area (Å²) in [6.45, 7) is 0. The second-order valence-corrected chi connectivity index (χ2v) is 4.25. The number of esters is 1. The van der Waals surface area contributed by atoms with Crippen LogP contribution in [0, 0.1) is 0 Å². The Hall–Kier alpha value is -1.72. The second kappa shape index (κ2) is 4.88. The van der Waals surface area contributed by atoms with E-state index in [9.17, 15) is 4.79 Å². The molecule has 2 aromatic rings. The molecule has 7 heteroatoms.